The van der Waals surface area contributed by atoms with E-state index in [9.17, 15) is 14.4 Å². The van der Waals surface area contributed by atoms with Crippen LogP contribution in [0.5, 0.6) is 11.5 Å². The van der Waals surface area contributed by atoms with Gasteiger partial charge in [-0.1, -0.05) is 54.1 Å². The number of amides is 1. The van der Waals surface area contributed by atoms with Crippen molar-refractivity contribution in [2.45, 2.75) is 26.3 Å². The molecule has 1 aliphatic rings. The fraction of sp³-hybridized carbons (Fsp3) is 0.324. The number of pyridine rings is 1. The Balaban J connectivity index is 1.61. The van der Waals surface area contributed by atoms with Crippen molar-refractivity contribution in [3.05, 3.63) is 92.9 Å². The van der Waals surface area contributed by atoms with Crippen LogP contribution in [-0.4, -0.2) is 84.0 Å². The molecule has 1 aliphatic heterocycles. The molecule has 0 saturated carbocycles. The minimum Gasteiger partial charge on any atom is -0.495 e. The zero-order chi connectivity index (χ0) is 36.1. The molecule has 2 aromatic heterocycles. The van der Waals surface area contributed by atoms with Gasteiger partial charge in [-0.15, -0.1) is 0 Å². The number of fused-ring (bicyclic) bond motifs is 1. The topological polar surface area (TPSA) is 119 Å². The van der Waals surface area contributed by atoms with E-state index in [2.05, 4.69) is 16.9 Å². The Bertz CT molecular complexity index is 2020. The van der Waals surface area contributed by atoms with Crippen molar-refractivity contribution in [3.8, 4) is 22.6 Å². The third-order valence-corrected chi connectivity index (χ3v) is 9.38. The average Bonchev–Trinajstić information content (AvgIpc) is 3.57. The van der Waals surface area contributed by atoms with Crippen LogP contribution in [-0.2, 0) is 22.6 Å². The number of ketones is 1. The van der Waals surface area contributed by atoms with Gasteiger partial charge in [0.2, 0.25) is 11.9 Å². The van der Waals surface area contributed by atoms with E-state index >= 15 is 0 Å². The molecule has 1 N–H and O–H groups in total. The number of anilines is 2. The molecular weight excluding hydrogens is 679 g/mol. The second-order valence-corrected chi connectivity index (χ2v) is 13.2. The van der Waals surface area contributed by atoms with Gasteiger partial charge in [0.1, 0.15) is 17.1 Å². The van der Waals surface area contributed by atoms with E-state index in [1.54, 1.807) is 33.9 Å². The molecule has 0 aliphatic carbocycles. The van der Waals surface area contributed by atoms with E-state index in [4.69, 9.17) is 37.7 Å². The van der Waals surface area contributed by atoms with Crippen molar-refractivity contribution in [2.75, 3.05) is 53.3 Å². The van der Waals surface area contributed by atoms with Gasteiger partial charge in [0.05, 0.1) is 29.8 Å². The number of hydrogen-bond acceptors (Lipinski definition) is 9. The molecule has 3 heterocycles. The summed E-state index contributed by atoms with van der Waals surface area (Å²) in [5.74, 6) is 0.598. The molecule has 5 rings (SSSR count). The predicted octanol–water partition coefficient (Wildman–Crippen LogP) is 6.10. The standard InChI is InChI=1S/C37H40Cl2N6O5/c1-7-26(46)16-24-11-8-10-22(2)34(24)41-37-40-19-25-17-27(31-32(38)28(49-5)18-29(50-6)33(31)39)36(48)45(35(25)42-37)21-23-13-15-44(20-23)30(47)12-9-14-43(3)4/h7-12,17-19,23H,1,13-16,20-21H2,2-6H3,(H,40,41,42)/b12-9+. The Morgan fingerprint density at radius 1 is 1.14 bits per heavy atom. The van der Waals surface area contributed by atoms with E-state index in [0.29, 0.717) is 54.3 Å². The molecule has 4 aromatic rings. The van der Waals surface area contributed by atoms with Crippen LogP contribution in [0.3, 0.4) is 0 Å². The van der Waals surface area contributed by atoms with E-state index in [0.717, 1.165) is 11.1 Å². The number of likely N-dealkylation sites (N-methyl/N-ethyl adjacent to an activating group) is 1. The lowest BCUT2D eigenvalue weighted by Crippen LogP contribution is -2.30. The summed E-state index contributed by atoms with van der Waals surface area (Å²) in [5, 5.41) is 4.15. The first-order chi connectivity index (χ1) is 23.9. The van der Waals surface area contributed by atoms with Crippen molar-refractivity contribution in [1.29, 1.82) is 0 Å². The summed E-state index contributed by atoms with van der Waals surface area (Å²) < 4.78 is 12.6. The molecule has 1 atom stereocenters. The highest BCUT2D eigenvalue weighted by atomic mass is 35.5. The van der Waals surface area contributed by atoms with E-state index in [1.165, 1.54) is 20.3 Å². The molecule has 13 heteroatoms. The van der Waals surface area contributed by atoms with Crippen molar-refractivity contribution < 1.29 is 19.1 Å². The van der Waals surface area contributed by atoms with E-state index in [-0.39, 0.29) is 63.3 Å². The fourth-order valence-corrected chi connectivity index (χ4v) is 6.73. The van der Waals surface area contributed by atoms with Gasteiger partial charge < -0.3 is 24.6 Å². The summed E-state index contributed by atoms with van der Waals surface area (Å²) in [7, 11) is 6.81. The number of ether oxygens (including phenoxy) is 2. The molecule has 1 saturated heterocycles. The summed E-state index contributed by atoms with van der Waals surface area (Å²) in [6, 6.07) is 8.88. The predicted molar refractivity (Wildman–Crippen MR) is 198 cm³/mol. The molecular formula is C37H40Cl2N6O5. The Kier molecular flexibility index (Phi) is 11.6. The summed E-state index contributed by atoms with van der Waals surface area (Å²) in [4.78, 5) is 53.0. The Morgan fingerprint density at radius 2 is 1.86 bits per heavy atom. The van der Waals surface area contributed by atoms with Crippen molar-refractivity contribution in [2.24, 2.45) is 5.92 Å². The second-order valence-electron chi connectivity index (χ2n) is 12.4. The van der Waals surface area contributed by atoms with Gasteiger partial charge in [-0.2, -0.15) is 4.98 Å². The Hall–Kier alpha value is -4.71. The molecule has 1 fully saturated rings. The van der Waals surface area contributed by atoms with Gasteiger partial charge in [-0.3, -0.25) is 19.0 Å². The maximum atomic E-state index is 14.6. The van der Waals surface area contributed by atoms with Gasteiger partial charge >= 0.3 is 0 Å². The average molecular weight is 720 g/mol. The number of hydrogen-bond donors (Lipinski definition) is 1. The summed E-state index contributed by atoms with van der Waals surface area (Å²) in [6.07, 6.45) is 7.20. The minimum atomic E-state index is -0.384. The third kappa shape index (κ3) is 7.85. The Labute approximate surface area is 301 Å². The molecule has 1 amide bonds. The number of halogens is 2. The minimum absolute atomic E-state index is 0.0394. The van der Waals surface area contributed by atoms with Crippen molar-refractivity contribution in [1.82, 2.24) is 24.3 Å². The number of benzene rings is 2. The highest BCUT2D eigenvalue weighted by molar-refractivity contribution is 6.41. The van der Waals surface area contributed by atoms with Gasteiger partial charge in [-0.05, 0) is 56.6 Å². The number of para-hydroxylation sites is 1. The first-order valence-corrected chi connectivity index (χ1v) is 16.8. The molecule has 0 radical (unpaired) electrons. The molecule has 262 valence electrons. The summed E-state index contributed by atoms with van der Waals surface area (Å²) >= 11 is 13.6. The van der Waals surface area contributed by atoms with Gasteiger partial charge in [-0.25, -0.2) is 4.98 Å². The van der Waals surface area contributed by atoms with Gasteiger partial charge in [0, 0.05) is 67.6 Å². The zero-order valence-electron chi connectivity index (χ0n) is 28.8. The van der Waals surface area contributed by atoms with Crippen molar-refractivity contribution >= 4 is 57.6 Å². The monoisotopic (exact) mass is 718 g/mol. The van der Waals surface area contributed by atoms with E-state index < -0.39 is 0 Å². The Morgan fingerprint density at radius 3 is 2.52 bits per heavy atom. The van der Waals surface area contributed by atoms with Crippen LogP contribution in [0.1, 0.15) is 17.5 Å². The van der Waals surface area contributed by atoms with Crippen molar-refractivity contribution in [3.63, 3.8) is 0 Å². The molecule has 2 aromatic carbocycles. The maximum Gasteiger partial charge on any atom is 0.260 e. The zero-order valence-corrected chi connectivity index (χ0v) is 30.3. The van der Waals surface area contributed by atoms with Crippen LogP contribution in [0, 0.1) is 12.8 Å². The number of carbonyl (C=O) groups excluding carboxylic acids is 2. The largest absolute Gasteiger partial charge is 0.495 e. The van der Waals surface area contributed by atoms with Gasteiger partial charge in [0.15, 0.2) is 5.78 Å². The SMILES string of the molecule is C=CC(=O)Cc1cccc(C)c1Nc1ncc2cc(-c3c(Cl)c(OC)cc(OC)c3Cl)c(=O)n(CC3CCN(C(=O)/C=C/CN(C)C)C3)c2n1. The number of aromatic nitrogens is 3. The number of nitrogens with one attached hydrogen (secondary N) is 1. The van der Waals surface area contributed by atoms with Crippen LogP contribution in [0.15, 0.2) is 66.1 Å². The number of likely N-dealkylation sites (tertiary alicyclic amines) is 1. The van der Waals surface area contributed by atoms with E-state index in [1.807, 2.05) is 50.2 Å². The number of methoxy groups -OCH3 is 2. The lowest BCUT2D eigenvalue weighted by molar-refractivity contribution is -0.125. The number of aryl methyl sites for hydroxylation is 1. The summed E-state index contributed by atoms with van der Waals surface area (Å²) in [6.45, 7) is 7.48. The third-order valence-electron chi connectivity index (χ3n) is 8.63. The number of carbonyl (C=O) groups is 2. The molecule has 11 nitrogen and oxygen atoms in total. The van der Waals surface area contributed by atoms with Crippen LogP contribution >= 0.6 is 23.2 Å². The quantitative estimate of drug-likeness (QED) is 0.164. The van der Waals surface area contributed by atoms with Crippen LogP contribution in [0.25, 0.3) is 22.2 Å². The van der Waals surface area contributed by atoms with Crippen LogP contribution in [0.4, 0.5) is 11.6 Å². The highest BCUT2D eigenvalue weighted by Gasteiger charge is 2.28. The normalized spacial score (nSPS) is 14.5. The number of nitrogens with zero attached hydrogens (tertiary/aromatic N) is 5. The second kappa shape index (κ2) is 15.9. The molecule has 0 spiro atoms. The number of rotatable bonds is 13. The maximum absolute atomic E-state index is 14.6. The summed E-state index contributed by atoms with van der Waals surface area (Å²) in [5.41, 5.74) is 2.83. The van der Waals surface area contributed by atoms with Gasteiger partial charge in [0.25, 0.3) is 5.56 Å². The highest BCUT2D eigenvalue weighted by Crippen LogP contribution is 2.45. The molecule has 0 bridgehead atoms. The molecule has 1 unspecified atom stereocenters. The smallest absolute Gasteiger partial charge is 0.260 e. The van der Waals surface area contributed by atoms with Crippen LogP contribution < -0.4 is 20.3 Å². The van der Waals surface area contributed by atoms with Crippen LogP contribution in [0.2, 0.25) is 10.0 Å². The lowest BCUT2D eigenvalue weighted by atomic mass is 10.0. The number of allylic oxidation sites excluding steroid dienone is 1. The first-order valence-electron chi connectivity index (χ1n) is 16.1. The lowest BCUT2D eigenvalue weighted by Gasteiger charge is -2.20. The fourth-order valence-electron chi connectivity index (χ4n) is 6.03. The first kappa shape index (κ1) is 36.6. The molecule has 50 heavy (non-hydrogen) atoms.